The Kier molecular flexibility index (Phi) is 3.80. The van der Waals surface area contributed by atoms with E-state index in [1.54, 1.807) is 6.07 Å². The fraction of sp³-hybridized carbons (Fsp3) is 0.417. The number of hydrogen-bond acceptors (Lipinski definition) is 3. The number of halogens is 1. The van der Waals surface area contributed by atoms with Crippen molar-refractivity contribution in [1.82, 2.24) is 0 Å². The number of ether oxygens (including phenoxy) is 2. The molecule has 1 heterocycles. The first-order chi connectivity index (χ1) is 7.77. The molecule has 1 aromatic carbocycles. The molecule has 86 valence electrons. The van der Waals surface area contributed by atoms with Gasteiger partial charge in [0.15, 0.2) is 0 Å². The molecule has 0 amide bonds. The van der Waals surface area contributed by atoms with E-state index >= 15 is 0 Å². The zero-order chi connectivity index (χ0) is 11.4. The van der Waals surface area contributed by atoms with Crippen LogP contribution in [0.25, 0.3) is 0 Å². The first kappa shape index (κ1) is 11.4. The second-order valence-electron chi connectivity index (χ2n) is 3.76. The number of hydrogen-bond donors (Lipinski definition) is 0. The van der Waals surface area contributed by atoms with Crippen molar-refractivity contribution >= 4 is 17.6 Å². The van der Waals surface area contributed by atoms with Gasteiger partial charge in [0, 0.05) is 17.2 Å². The Bertz CT molecular complexity index is 372. The maximum Gasteiger partial charge on any atom is 0.311 e. The molecule has 0 spiro atoms. The summed E-state index contributed by atoms with van der Waals surface area (Å²) in [6.45, 7) is 1.35. The van der Waals surface area contributed by atoms with E-state index in [0.717, 1.165) is 12.0 Å². The maximum absolute atomic E-state index is 11.6. The molecule has 4 heteroatoms. The molecule has 0 saturated carbocycles. The van der Waals surface area contributed by atoms with Crippen molar-refractivity contribution in [2.45, 2.75) is 13.0 Å². The summed E-state index contributed by atoms with van der Waals surface area (Å²) in [5, 5.41) is 0.623. The molecule has 16 heavy (non-hydrogen) atoms. The van der Waals surface area contributed by atoms with Gasteiger partial charge in [-0.15, -0.1) is 0 Å². The first-order valence-electron chi connectivity index (χ1n) is 5.25. The van der Waals surface area contributed by atoms with Crippen molar-refractivity contribution in [1.29, 1.82) is 0 Å². The van der Waals surface area contributed by atoms with Gasteiger partial charge in [-0.05, 0) is 12.5 Å². The van der Waals surface area contributed by atoms with Crippen LogP contribution in [0.5, 0.6) is 0 Å². The van der Waals surface area contributed by atoms with Crippen molar-refractivity contribution in [2.24, 2.45) is 5.92 Å². The highest BCUT2D eigenvalue weighted by Gasteiger charge is 2.24. The smallest absolute Gasteiger partial charge is 0.311 e. The molecular weight excluding hydrogens is 228 g/mol. The van der Waals surface area contributed by atoms with Gasteiger partial charge in [-0.25, -0.2) is 0 Å². The van der Waals surface area contributed by atoms with Crippen LogP contribution in [0.3, 0.4) is 0 Å². The summed E-state index contributed by atoms with van der Waals surface area (Å²) in [4.78, 5) is 11.6. The van der Waals surface area contributed by atoms with E-state index < -0.39 is 0 Å². The third-order valence-electron chi connectivity index (χ3n) is 2.59. The van der Waals surface area contributed by atoms with E-state index in [9.17, 15) is 4.79 Å². The standard InChI is InChI=1S/C12H13ClO3/c13-11-4-2-1-3-9(11)8-16-12(14)10-5-6-15-7-10/h1-4,10H,5-8H2. The quantitative estimate of drug-likeness (QED) is 0.762. The van der Waals surface area contributed by atoms with Crippen molar-refractivity contribution in [3.63, 3.8) is 0 Å². The van der Waals surface area contributed by atoms with Gasteiger partial charge < -0.3 is 9.47 Å². The molecule has 1 fully saturated rings. The van der Waals surface area contributed by atoms with Crippen LogP contribution in [0, 0.1) is 5.92 Å². The minimum Gasteiger partial charge on any atom is -0.460 e. The van der Waals surface area contributed by atoms with Gasteiger partial charge in [0.2, 0.25) is 0 Å². The van der Waals surface area contributed by atoms with Crippen molar-refractivity contribution in [3.8, 4) is 0 Å². The summed E-state index contributed by atoms with van der Waals surface area (Å²) >= 11 is 5.95. The molecule has 0 radical (unpaired) electrons. The van der Waals surface area contributed by atoms with E-state index in [4.69, 9.17) is 21.1 Å². The number of rotatable bonds is 3. The number of esters is 1. The molecule has 1 aromatic rings. The number of benzene rings is 1. The third kappa shape index (κ3) is 2.74. The Morgan fingerprint density at radius 3 is 3.00 bits per heavy atom. The van der Waals surface area contributed by atoms with Crippen LogP contribution in [-0.2, 0) is 20.9 Å². The van der Waals surface area contributed by atoms with E-state index in [1.807, 2.05) is 18.2 Å². The van der Waals surface area contributed by atoms with Crippen LogP contribution < -0.4 is 0 Å². The van der Waals surface area contributed by atoms with Crippen molar-refractivity contribution < 1.29 is 14.3 Å². The first-order valence-corrected chi connectivity index (χ1v) is 5.63. The van der Waals surface area contributed by atoms with E-state index in [-0.39, 0.29) is 18.5 Å². The summed E-state index contributed by atoms with van der Waals surface area (Å²) in [6, 6.07) is 7.34. The SMILES string of the molecule is O=C(OCc1ccccc1Cl)C1CCOC1. The van der Waals surface area contributed by atoms with Gasteiger partial charge in [-0.3, -0.25) is 4.79 Å². The predicted molar refractivity (Wildman–Crippen MR) is 60.2 cm³/mol. The summed E-state index contributed by atoms with van der Waals surface area (Å²) in [7, 11) is 0. The largest absolute Gasteiger partial charge is 0.460 e. The molecule has 1 saturated heterocycles. The minimum atomic E-state index is -0.197. The van der Waals surface area contributed by atoms with Crippen LogP contribution in [-0.4, -0.2) is 19.2 Å². The van der Waals surface area contributed by atoms with Gasteiger partial charge >= 0.3 is 5.97 Å². The highest BCUT2D eigenvalue weighted by Crippen LogP contribution is 2.18. The second-order valence-corrected chi connectivity index (χ2v) is 4.17. The Labute approximate surface area is 99.3 Å². The summed E-state index contributed by atoms with van der Waals surface area (Å²) in [5.41, 5.74) is 0.830. The average Bonchev–Trinajstić information content (AvgIpc) is 2.81. The predicted octanol–water partition coefficient (Wildman–Crippen LogP) is 2.42. The van der Waals surface area contributed by atoms with Gasteiger partial charge in [-0.2, -0.15) is 0 Å². The lowest BCUT2D eigenvalue weighted by Crippen LogP contribution is -2.17. The van der Waals surface area contributed by atoms with Crippen LogP contribution in [0.15, 0.2) is 24.3 Å². The second kappa shape index (κ2) is 5.32. The van der Waals surface area contributed by atoms with Crippen molar-refractivity contribution in [3.05, 3.63) is 34.9 Å². The number of carbonyl (C=O) groups excluding carboxylic acids is 1. The lowest BCUT2D eigenvalue weighted by molar-refractivity contribution is -0.149. The van der Waals surface area contributed by atoms with E-state index in [0.29, 0.717) is 18.2 Å². The lowest BCUT2D eigenvalue weighted by Gasteiger charge is -2.09. The van der Waals surface area contributed by atoms with E-state index in [2.05, 4.69) is 0 Å². The zero-order valence-electron chi connectivity index (χ0n) is 8.82. The molecular formula is C12H13ClO3. The highest BCUT2D eigenvalue weighted by molar-refractivity contribution is 6.31. The summed E-state index contributed by atoms with van der Waals surface area (Å²) < 4.78 is 10.3. The molecule has 0 aromatic heterocycles. The lowest BCUT2D eigenvalue weighted by atomic mass is 10.1. The Balaban J connectivity index is 1.87. The summed E-state index contributed by atoms with van der Waals surface area (Å²) in [5.74, 6) is -0.306. The molecule has 0 N–H and O–H groups in total. The molecule has 2 rings (SSSR count). The fourth-order valence-corrected chi connectivity index (χ4v) is 1.79. The topological polar surface area (TPSA) is 35.5 Å². The van der Waals surface area contributed by atoms with Gasteiger partial charge in [-0.1, -0.05) is 29.8 Å². The van der Waals surface area contributed by atoms with Gasteiger partial charge in [0.25, 0.3) is 0 Å². The van der Waals surface area contributed by atoms with Gasteiger partial charge in [0.05, 0.1) is 12.5 Å². The zero-order valence-corrected chi connectivity index (χ0v) is 9.57. The highest BCUT2D eigenvalue weighted by atomic mass is 35.5. The minimum absolute atomic E-state index is 0.109. The monoisotopic (exact) mass is 240 g/mol. The van der Waals surface area contributed by atoms with Crippen LogP contribution in [0.4, 0.5) is 0 Å². The molecule has 0 aliphatic carbocycles. The summed E-state index contributed by atoms with van der Waals surface area (Å²) in [6.07, 6.45) is 0.751. The Hall–Kier alpha value is -1.06. The Morgan fingerprint density at radius 1 is 1.50 bits per heavy atom. The Morgan fingerprint density at radius 2 is 2.31 bits per heavy atom. The fourth-order valence-electron chi connectivity index (χ4n) is 1.60. The maximum atomic E-state index is 11.6. The third-order valence-corrected chi connectivity index (χ3v) is 2.96. The molecule has 0 bridgehead atoms. The molecule has 1 unspecified atom stereocenters. The van der Waals surface area contributed by atoms with Crippen LogP contribution in [0.2, 0.25) is 5.02 Å². The van der Waals surface area contributed by atoms with Crippen LogP contribution >= 0.6 is 11.6 Å². The molecule has 3 nitrogen and oxygen atoms in total. The van der Waals surface area contributed by atoms with Gasteiger partial charge in [0.1, 0.15) is 6.61 Å². The average molecular weight is 241 g/mol. The van der Waals surface area contributed by atoms with Crippen LogP contribution in [0.1, 0.15) is 12.0 Å². The molecule has 1 atom stereocenters. The molecule has 1 aliphatic rings. The van der Waals surface area contributed by atoms with Crippen molar-refractivity contribution in [2.75, 3.05) is 13.2 Å². The van der Waals surface area contributed by atoms with E-state index in [1.165, 1.54) is 0 Å². The normalized spacial score (nSPS) is 19.7. The number of carbonyl (C=O) groups is 1. The molecule has 1 aliphatic heterocycles.